The van der Waals surface area contributed by atoms with Gasteiger partial charge in [0.05, 0.1) is 5.69 Å². The number of nitrogens with one attached hydrogen (secondary N) is 1. The summed E-state index contributed by atoms with van der Waals surface area (Å²) in [6.07, 6.45) is 6.20. The Morgan fingerprint density at radius 1 is 1.15 bits per heavy atom. The molecule has 1 amide bonds. The molecule has 1 N–H and O–H groups in total. The van der Waals surface area contributed by atoms with E-state index in [2.05, 4.69) is 15.1 Å². The van der Waals surface area contributed by atoms with Gasteiger partial charge in [-0.25, -0.2) is 4.39 Å². The maximum absolute atomic E-state index is 13.7. The van der Waals surface area contributed by atoms with E-state index in [9.17, 15) is 9.18 Å². The minimum atomic E-state index is -0.399. The van der Waals surface area contributed by atoms with Crippen molar-refractivity contribution >= 4 is 5.91 Å². The van der Waals surface area contributed by atoms with Crippen LogP contribution in [0.1, 0.15) is 48.3 Å². The topological polar surface area (TPSA) is 58.2 Å². The summed E-state index contributed by atoms with van der Waals surface area (Å²) in [4.78, 5) is 15.2. The Morgan fingerprint density at radius 3 is 2.67 bits per heavy atom. The molecule has 0 spiro atoms. The minimum Gasteiger partial charge on any atom is -0.484 e. The summed E-state index contributed by atoms with van der Waals surface area (Å²) >= 11 is 0. The highest BCUT2D eigenvalue weighted by Gasteiger charge is 2.44. The number of nitrogens with zero attached hydrogens (tertiary/aromatic N) is 2. The fourth-order valence-electron chi connectivity index (χ4n) is 5.44. The molecule has 2 aliphatic carbocycles. The molecule has 6 rings (SSSR count). The Kier molecular flexibility index (Phi) is 4.14. The molecule has 3 heterocycles. The zero-order chi connectivity index (χ0) is 18.4. The van der Waals surface area contributed by atoms with Crippen LogP contribution in [0, 0.1) is 23.6 Å². The molecule has 2 aromatic rings. The van der Waals surface area contributed by atoms with Crippen molar-refractivity contribution < 1.29 is 13.9 Å². The normalized spacial score (nSPS) is 29.0. The van der Waals surface area contributed by atoms with Crippen molar-refractivity contribution in [3.05, 3.63) is 47.5 Å². The molecule has 4 bridgehead atoms. The fraction of sp³-hybridized carbons (Fsp3) is 0.524. The van der Waals surface area contributed by atoms with Gasteiger partial charge < -0.3 is 9.64 Å². The highest BCUT2D eigenvalue weighted by Crippen LogP contribution is 2.47. The number of H-pyrrole nitrogens is 1. The third kappa shape index (κ3) is 3.22. The first-order valence-corrected chi connectivity index (χ1v) is 9.88. The van der Waals surface area contributed by atoms with Crippen molar-refractivity contribution in [2.24, 2.45) is 17.8 Å². The number of para-hydroxylation sites is 1. The van der Waals surface area contributed by atoms with Crippen LogP contribution in [0.4, 0.5) is 4.39 Å². The van der Waals surface area contributed by atoms with Gasteiger partial charge >= 0.3 is 0 Å². The number of amides is 1. The van der Waals surface area contributed by atoms with Crippen molar-refractivity contribution in [3.63, 3.8) is 0 Å². The summed E-state index contributed by atoms with van der Waals surface area (Å²) in [5, 5.41) is 7.07. The lowest BCUT2D eigenvalue weighted by Crippen LogP contribution is -2.42. The molecule has 5 nitrogen and oxygen atoms in total. The van der Waals surface area contributed by atoms with E-state index in [1.165, 1.54) is 25.3 Å². The third-order valence-corrected chi connectivity index (χ3v) is 6.44. The SMILES string of the molecule is O=C(c1cc(COc2ccccc2F)[nH]n1)N1CC2C[C@@H]3CC1C[C@H](C2)C3. The van der Waals surface area contributed by atoms with Crippen molar-refractivity contribution in [1.82, 2.24) is 15.1 Å². The van der Waals surface area contributed by atoms with Gasteiger partial charge in [0, 0.05) is 12.6 Å². The molecule has 2 unspecified atom stereocenters. The number of fused-ring (bicyclic) bond motifs is 1. The average Bonchev–Trinajstić information content (AvgIpc) is 3.04. The third-order valence-electron chi connectivity index (χ3n) is 6.44. The molecule has 6 heteroatoms. The Hall–Kier alpha value is -2.37. The number of hydrogen-bond acceptors (Lipinski definition) is 3. The van der Waals surface area contributed by atoms with Crippen molar-refractivity contribution in [3.8, 4) is 5.75 Å². The summed E-state index contributed by atoms with van der Waals surface area (Å²) in [6, 6.07) is 8.39. The zero-order valence-corrected chi connectivity index (χ0v) is 15.2. The van der Waals surface area contributed by atoms with Gasteiger partial charge in [-0.05, 0) is 68.1 Å². The molecular weight excluding hydrogens is 345 g/mol. The van der Waals surface area contributed by atoms with Gasteiger partial charge in [-0.1, -0.05) is 12.1 Å². The smallest absolute Gasteiger partial charge is 0.274 e. The van der Waals surface area contributed by atoms with Crippen LogP contribution in [-0.2, 0) is 6.61 Å². The monoisotopic (exact) mass is 369 g/mol. The predicted molar refractivity (Wildman–Crippen MR) is 97.7 cm³/mol. The predicted octanol–water partition coefficient (Wildman–Crippen LogP) is 3.78. The number of carbonyl (C=O) groups is 1. The standard InChI is InChI=1S/C21H24FN3O2/c22-18-3-1-2-4-20(18)27-12-16-10-19(24-23-16)21(26)25-11-15-6-13-5-14(7-15)9-17(25)8-13/h1-4,10,13-15,17H,5-9,11-12H2,(H,23,24)/t13-,14+,15?,17?. The van der Waals surface area contributed by atoms with Gasteiger partial charge in [-0.2, -0.15) is 5.10 Å². The fourth-order valence-corrected chi connectivity index (χ4v) is 5.44. The summed E-state index contributed by atoms with van der Waals surface area (Å²) in [6.45, 7) is 1.02. The highest BCUT2D eigenvalue weighted by molar-refractivity contribution is 5.92. The second-order valence-electron chi connectivity index (χ2n) is 8.39. The van der Waals surface area contributed by atoms with Gasteiger partial charge in [0.2, 0.25) is 0 Å². The Morgan fingerprint density at radius 2 is 1.89 bits per heavy atom. The first-order chi connectivity index (χ1) is 13.2. The van der Waals surface area contributed by atoms with E-state index < -0.39 is 5.82 Å². The number of hydrogen-bond donors (Lipinski definition) is 1. The van der Waals surface area contributed by atoms with Crippen LogP contribution in [-0.4, -0.2) is 33.6 Å². The maximum Gasteiger partial charge on any atom is 0.274 e. The number of halogens is 1. The summed E-state index contributed by atoms with van der Waals surface area (Å²) in [5.74, 6) is 2.06. The molecule has 4 aliphatic rings. The summed E-state index contributed by atoms with van der Waals surface area (Å²) in [7, 11) is 0. The van der Waals surface area contributed by atoms with E-state index in [1.807, 2.05) is 0 Å². The van der Waals surface area contributed by atoms with Crippen molar-refractivity contribution in [2.45, 2.75) is 44.8 Å². The van der Waals surface area contributed by atoms with E-state index in [1.54, 1.807) is 24.3 Å². The van der Waals surface area contributed by atoms with E-state index in [4.69, 9.17) is 4.74 Å². The Bertz CT molecular complexity index is 837. The number of benzene rings is 1. The number of rotatable bonds is 4. The first kappa shape index (κ1) is 16.8. The lowest BCUT2D eigenvalue weighted by atomic mass is 9.68. The van der Waals surface area contributed by atoms with Gasteiger partial charge in [-0.15, -0.1) is 0 Å². The van der Waals surface area contributed by atoms with Crippen LogP contribution in [0.15, 0.2) is 30.3 Å². The molecule has 4 atom stereocenters. The van der Waals surface area contributed by atoms with Crippen LogP contribution >= 0.6 is 0 Å². The molecule has 1 aromatic carbocycles. The van der Waals surface area contributed by atoms with Crippen LogP contribution in [0.2, 0.25) is 0 Å². The molecule has 2 saturated heterocycles. The van der Waals surface area contributed by atoms with Crippen LogP contribution < -0.4 is 4.74 Å². The average molecular weight is 369 g/mol. The zero-order valence-electron chi connectivity index (χ0n) is 15.2. The molecule has 0 radical (unpaired) electrons. The van der Waals surface area contributed by atoms with Gasteiger partial charge in [0.15, 0.2) is 17.3 Å². The van der Waals surface area contributed by atoms with Crippen LogP contribution in [0.5, 0.6) is 5.75 Å². The van der Waals surface area contributed by atoms with E-state index >= 15 is 0 Å². The van der Waals surface area contributed by atoms with Gasteiger partial charge in [0.25, 0.3) is 5.91 Å². The number of carbonyl (C=O) groups excluding carboxylic acids is 1. The van der Waals surface area contributed by atoms with Gasteiger partial charge in [0.1, 0.15) is 6.61 Å². The van der Waals surface area contributed by atoms with E-state index in [0.29, 0.717) is 23.3 Å². The second-order valence-corrected chi connectivity index (χ2v) is 8.39. The first-order valence-electron chi connectivity index (χ1n) is 9.88. The van der Waals surface area contributed by atoms with Crippen molar-refractivity contribution in [1.29, 1.82) is 0 Å². The summed E-state index contributed by atoms with van der Waals surface area (Å²) in [5.41, 5.74) is 1.10. The minimum absolute atomic E-state index is 0.0154. The number of aromatic amines is 1. The lowest BCUT2D eigenvalue weighted by Gasteiger charge is -2.38. The lowest BCUT2D eigenvalue weighted by molar-refractivity contribution is 0.0626. The van der Waals surface area contributed by atoms with E-state index in [0.717, 1.165) is 31.2 Å². The quantitative estimate of drug-likeness (QED) is 0.892. The van der Waals surface area contributed by atoms with E-state index in [-0.39, 0.29) is 18.3 Å². The number of ether oxygens (including phenoxy) is 1. The highest BCUT2D eigenvalue weighted by atomic mass is 19.1. The molecule has 27 heavy (non-hydrogen) atoms. The largest absolute Gasteiger partial charge is 0.484 e. The molecule has 2 saturated carbocycles. The Balaban J connectivity index is 1.28. The number of aromatic nitrogens is 2. The molecule has 142 valence electrons. The second kappa shape index (κ2) is 6.66. The van der Waals surface area contributed by atoms with Crippen LogP contribution in [0.3, 0.4) is 0 Å². The maximum atomic E-state index is 13.7. The van der Waals surface area contributed by atoms with Crippen LogP contribution in [0.25, 0.3) is 0 Å². The molecule has 1 aromatic heterocycles. The molecule has 4 fully saturated rings. The Labute approximate surface area is 157 Å². The van der Waals surface area contributed by atoms with Gasteiger partial charge in [-0.3, -0.25) is 9.89 Å². The molecule has 2 aliphatic heterocycles. The summed E-state index contributed by atoms with van der Waals surface area (Å²) < 4.78 is 19.2. The molecular formula is C21H24FN3O2. The van der Waals surface area contributed by atoms with Crippen molar-refractivity contribution in [2.75, 3.05) is 6.54 Å².